The van der Waals surface area contributed by atoms with E-state index in [1.807, 2.05) is 6.92 Å². The predicted molar refractivity (Wildman–Crippen MR) is 115 cm³/mol. The number of halogens is 2. The van der Waals surface area contributed by atoms with Gasteiger partial charge in [-0.15, -0.1) is 0 Å². The molecule has 0 heterocycles. The zero-order chi connectivity index (χ0) is 20.9. The van der Waals surface area contributed by atoms with Crippen molar-refractivity contribution in [3.63, 3.8) is 0 Å². The third kappa shape index (κ3) is 5.26. The summed E-state index contributed by atoms with van der Waals surface area (Å²) in [5, 5.41) is 3.52. The second kappa shape index (κ2) is 9.42. The van der Waals surface area contributed by atoms with Gasteiger partial charge in [-0.25, -0.2) is 8.42 Å². The first kappa shape index (κ1) is 22.2. The van der Waals surface area contributed by atoms with Gasteiger partial charge in [0.2, 0.25) is 0 Å². The molecule has 150 valence electrons. The first-order valence-corrected chi connectivity index (χ1v) is 10.7. The van der Waals surface area contributed by atoms with Gasteiger partial charge in [-0.2, -0.15) is 0 Å². The van der Waals surface area contributed by atoms with E-state index in [1.165, 1.54) is 25.2 Å². The Morgan fingerprint density at radius 3 is 2.36 bits per heavy atom. The molecule has 0 aliphatic rings. The standard InChI is InChI=1S/C17H18Cl2N4O3S2/c1-3-20-17(27)22-21-16(24)11-4-9-14(19)15(10-11)28(25,26)23(2)13-7-5-12(18)6-8-13/h4-10H,3H2,1-2H3,(H,21,24)(H2,20,22,27). The van der Waals surface area contributed by atoms with Crippen LogP contribution in [0, 0.1) is 0 Å². The highest BCUT2D eigenvalue weighted by Gasteiger charge is 2.25. The predicted octanol–water partition coefficient (Wildman–Crippen LogP) is 2.95. The molecule has 0 saturated carbocycles. The van der Waals surface area contributed by atoms with Crippen molar-refractivity contribution in [2.24, 2.45) is 0 Å². The monoisotopic (exact) mass is 460 g/mol. The van der Waals surface area contributed by atoms with Crippen molar-refractivity contribution < 1.29 is 13.2 Å². The number of anilines is 1. The summed E-state index contributed by atoms with van der Waals surface area (Å²) in [7, 11) is -2.62. The van der Waals surface area contributed by atoms with Gasteiger partial charge in [0.1, 0.15) is 4.90 Å². The number of carbonyl (C=O) groups excluding carboxylic acids is 1. The molecule has 1 amide bonds. The Hall–Kier alpha value is -2.07. The molecule has 0 atom stereocenters. The molecule has 0 aliphatic carbocycles. The van der Waals surface area contributed by atoms with Crippen LogP contribution in [0.25, 0.3) is 0 Å². The third-order valence-corrected chi connectivity index (χ3v) is 6.41. The van der Waals surface area contributed by atoms with E-state index in [0.717, 1.165) is 4.31 Å². The number of amides is 1. The molecule has 0 unspecified atom stereocenters. The number of benzene rings is 2. The van der Waals surface area contributed by atoms with Gasteiger partial charge in [-0.1, -0.05) is 23.2 Å². The molecule has 0 fully saturated rings. The zero-order valence-corrected chi connectivity index (χ0v) is 18.1. The number of nitrogens with one attached hydrogen (secondary N) is 3. The summed E-state index contributed by atoms with van der Waals surface area (Å²) >= 11 is 16.9. The Bertz CT molecular complexity index is 982. The molecule has 0 aromatic heterocycles. The maximum Gasteiger partial charge on any atom is 0.269 e. The molecule has 0 radical (unpaired) electrons. The van der Waals surface area contributed by atoms with Crippen LogP contribution in [0.2, 0.25) is 10.0 Å². The molecule has 0 aliphatic heterocycles. The highest BCUT2D eigenvalue weighted by atomic mass is 35.5. The lowest BCUT2D eigenvalue weighted by Gasteiger charge is -2.20. The molecule has 2 aromatic carbocycles. The topological polar surface area (TPSA) is 90.5 Å². The normalized spacial score (nSPS) is 10.9. The number of hydrazine groups is 1. The van der Waals surface area contributed by atoms with Crippen molar-refractivity contribution in [3.05, 3.63) is 58.1 Å². The van der Waals surface area contributed by atoms with Crippen LogP contribution in [0.5, 0.6) is 0 Å². The summed E-state index contributed by atoms with van der Waals surface area (Å²) in [4.78, 5) is 12.1. The van der Waals surface area contributed by atoms with E-state index in [-0.39, 0.29) is 20.6 Å². The number of sulfonamides is 1. The van der Waals surface area contributed by atoms with Gasteiger partial charge < -0.3 is 5.32 Å². The van der Waals surface area contributed by atoms with Crippen molar-refractivity contribution >= 4 is 62.2 Å². The summed E-state index contributed by atoms with van der Waals surface area (Å²) in [6, 6.07) is 10.3. The molecule has 0 saturated heterocycles. The highest BCUT2D eigenvalue weighted by Crippen LogP contribution is 2.29. The molecule has 11 heteroatoms. The third-order valence-electron chi connectivity index (χ3n) is 3.65. The van der Waals surface area contributed by atoms with Crippen LogP contribution in [0.15, 0.2) is 47.4 Å². The summed E-state index contributed by atoms with van der Waals surface area (Å²) in [5.74, 6) is -0.567. The quantitative estimate of drug-likeness (QED) is 0.469. The van der Waals surface area contributed by atoms with Crippen molar-refractivity contribution in [2.45, 2.75) is 11.8 Å². The summed E-state index contributed by atoms with van der Waals surface area (Å²) in [6.07, 6.45) is 0. The Labute approximate surface area is 179 Å². The van der Waals surface area contributed by atoms with Crippen LogP contribution < -0.4 is 20.5 Å². The minimum absolute atomic E-state index is 0.00602. The lowest BCUT2D eigenvalue weighted by atomic mass is 10.2. The second-order valence-electron chi connectivity index (χ2n) is 5.53. The summed E-state index contributed by atoms with van der Waals surface area (Å²) in [6.45, 7) is 2.44. The molecule has 3 N–H and O–H groups in total. The van der Waals surface area contributed by atoms with Crippen LogP contribution in [0.4, 0.5) is 5.69 Å². The molecule has 2 rings (SSSR count). The number of rotatable bonds is 5. The Morgan fingerprint density at radius 2 is 1.75 bits per heavy atom. The van der Waals surface area contributed by atoms with E-state index >= 15 is 0 Å². The van der Waals surface area contributed by atoms with Crippen LogP contribution >= 0.6 is 35.4 Å². The number of hydrogen-bond donors (Lipinski definition) is 3. The number of nitrogens with zero attached hydrogens (tertiary/aromatic N) is 1. The summed E-state index contributed by atoms with van der Waals surface area (Å²) in [5.41, 5.74) is 5.41. The van der Waals surface area contributed by atoms with E-state index in [0.29, 0.717) is 17.3 Å². The molecule has 7 nitrogen and oxygen atoms in total. The Balaban J connectivity index is 2.29. The van der Waals surface area contributed by atoms with Crippen molar-refractivity contribution in [2.75, 3.05) is 17.9 Å². The van der Waals surface area contributed by atoms with Gasteiger partial charge in [0, 0.05) is 24.2 Å². The average Bonchev–Trinajstić information content (AvgIpc) is 2.66. The van der Waals surface area contributed by atoms with Gasteiger partial charge in [0.05, 0.1) is 10.7 Å². The molecule has 0 spiro atoms. The Kier molecular flexibility index (Phi) is 7.48. The first-order chi connectivity index (χ1) is 13.2. The van der Waals surface area contributed by atoms with E-state index < -0.39 is 15.9 Å². The maximum atomic E-state index is 13.0. The van der Waals surface area contributed by atoms with Gasteiger partial charge >= 0.3 is 0 Å². The van der Waals surface area contributed by atoms with E-state index in [4.69, 9.17) is 35.4 Å². The van der Waals surface area contributed by atoms with E-state index in [9.17, 15) is 13.2 Å². The highest BCUT2D eigenvalue weighted by molar-refractivity contribution is 7.93. The lowest BCUT2D eigenvalue weighted by molar-refractivity contribution is 0.0943. The van der Waals surface area contributed by atoms with Crippen molar-refractivity contribution in [3.8, 4) is 0 Å². The fraction of sp³-hybridized carbons (Fsp3) is 0.176. The van der Waals surface area contributed by atoms with Crippen molar-refractivity contribution in [1.82, 2.24) is 16.2 Å². The number of hydrogen-bond acceptors (Lipinski definition) is 4. The molecular formula is C17H18Cl2N4O3S2. The molecular weight excluding hydrogens is 443 g/mol. The minimum Gasteiger partial charge on any atom is -0.362 e. The first-order valence-electron chi connectivity index (χ1n) is 8.05. The SMILES string of the molecule is CCNC(=S)NNC(=O)c1ccc(Cl)c(S(=O)(=O)N(C)c2ccc(Cl)cc2)c1. The molecule has 2 aromatic rings. The fourth-order valence-electron chi connectivity index (χ4n) is 2.17. The largest absolute Gasteiger partial charge is 0.362 e. The van der Waals surface area contributed by atoms with Gasteiger partial charge in [0.25, 0.3) is 15.9 Å². The summed E-state index contributed by atoms with van der Waals surface area (Å²) < 4.78 is 27.0. The van der Waals surface area contributed by atoms with Crippen LogP contribution in [-0.4, -0.2) is 33.0 Å². The smallest absolute Gasteiger partial charge is 0.269 e. The number of thiocarbonyl (C=S) groups is 1. The Morgan fingerprint density at radius 1 is 1.11 bits per heavy atom. The fourth-order valence-corrected chi connectivity index (χ4v) is 4.19. The van der Waals surface area contributed by atoms with Crippen LogP contribution in [-0.2, 0) is 10.0 Å². The van der Waals surface area contributed by atoms with E-state index in [2.05, 4.69) is 16.2 Å². The second-order valence-corrected chi connectivity index (χ2v) is 8.72. The zero-order valence-electron chi connectivity index (χ0n) is 15.0. The van der Waals surface area contributed by atoms with Crippen molar-refractivity contribution in [1.29, 1.82) is 0 Å². The lowest BCUT2D eigenvalue weighted by Crippen LogP contribution is -2.46. The van der Waals surface area contributed by atoms with E-state index in [1.54, 1.807) is 24.3 Å². The minimum atomic E-state index is -4.01. The molecule has 0 bridgehead atoms. The van der Waals surface area contributed by atoms with Gasteiger partial charge in [-0.05, 0) is 61.6 Å². The molecule has 28 heavy (non-hydrogen) atoms. The maximum absolute atomic E-state index is 13.0. The van der Waals surface area contributed by atoms with Gasteiger partial charge in [-0.3, -0.25) is 20.0 Å². The van der Waals surface area contributed by atoms with Crippen LogP contribution in [0.1, 0.15) is 17.3 Å². The van der Waals surface area contributed by atoms with Gasteiger partial charge in [0.15, 0.2) is 5.11 Å². The number of carbonyl (C=O) groups is 1. The van der Waals surface area contributed by atoms with Crippen LogP contribution in [0.3, 0.4) is 0 Å². The average molecular weight is 461 g/mol.